The summed E-state index contributed by atoms with van der Waals surface area (Å²) in [6.07, 6.45) is 6.20. The average molecular weight is 318 g/mol. The number of amides is 1. The molecule has 3 heterocycles. The number of likely N-dealkylation sites (tertiary alicyclic amines) is 1. The Morgan fingerprint density at radius 1 is 1.50 bits per heavy atom. The Morgan fingerprint density at radius 2 is 2.36 bits per heavy atom. The predicted octanol–water partition coefficient (Wildman–Crippen LogP) is 2.24. The minimum absolute atomic E-state index is 0.0989. The monoisotopic (exact) mass is 318 g/mol. The van der Waals surface area contributed by atoms with Gasteiger partial charge in [-0.3, -0.25) is 14.4 Å². The molecular weight excluding hydrogens is 296 g/mol. The lowest BCUT2D eigenvalue weighted by Crippen LogP contribution is -2.36. The lowest BCUT2D eigenvalue weighted by molar-refractivity contribution is -0.122. The van der Waals surface area contributed by atoms with Crippen molar-refractivity contribution in [2.24, 2.45) is 7.05 Å². The quantitative estimate of drug-likeness (QED) is 0.920. The summed E-state index contributed by atoms with van der Waals surface area (Å²) in [7, 11) is 1.93. The topological polar surface area (TPSA) is 50.2 Å². The van der Waals surface area contributed by atoms with Crippen LogP contribution >= 0.6 is 11.3 Å². The Labute approximate surface area is 134 Å². The number of aromatic nitrogens is 2. The van der Waals surface area contributed by atoms with E-state index in [1.807, 2.05) is 17.9 Å². The van der Waals surface area contributed by atoms with Gasteiger partial charge in [-0.05, 0) is 38.4 Å². The maximum Gasteiger partial charge on any atom is 0.234 e. The molecule has 1 amide bonds. The molecule has 0 saturated carbocycles. The first-order valence-corrected chi connectivity index (χ1v) is 8.48. The van der Waals surface area contributed by atoms with Gasteiger partial charge in [0.2, 0.25) is 5.91 Å². The zero-order valence-electron chi connectivity index (χ0n) is 13.1. The molecule has 118 valence electrons. The zero-order chi connectivity index (χ0) is 15.5. The first-order chi connectivity index (χ1) is 10.6. The Morgan fingerprint density at radius 3 is 3.05 bits per heavy atom. The summed E-state index contributed by atoms with van der Waals surface area (Å²) in [5.74, 6) is 0.0989. The van der Waals surface area contributed by atoms with Crippen LogP contribution in [0.4, 0.5) is 0 Å². The van der Waals surface area contributed by atoms with Crippen LogP contribution in [-0.2, 0) is 18.4 Å². The van der Waals surface area contributed by atoms with E-state index in [1.54, 1.807) is 11.3 Å². The minimum atomic E-state index is 0.0989. The van der Waals surface area contributed by atoms with E-state index in [1.165, 1.54) is 15.3 Å². The molecule has 1 aliphatic heterocycles. The lowest BCUT2D eigenvalue weighted by Gasteiger charge is -2.22. The van der Waals surface area contributed by atoms with Crippen molar-refractivity contribution >= 4 is 17.2 Å². The van der Waals surface area contributed by atoms with E-state index in [0.717, 1.165) is 19.4 Å². The highest BCUT2D eigenvalue weighted by molar-refractivity contribution is 7.11. The smallest absolute Gasteiger partial charge is 0.234 e. The van der Waals surface area contributed by atoms with E-state index in [2.05, 4.69) is 40.6 Å². The van der Waals surface area contributed by atoms with Gasteiger partial charge in [0, 0.05) is 34.6 Å². The molecule has 6 heteroatoms. The van der Waals surface area contributed by atoms with E-state index in [9.17, 15) is 4.79 Å². The van der Waals surface area contributed by atoms with E-state index in [0.29, 0.717) is 19.1 Å². The second-order valence-corrected chi connectivity index (χ2v) is 7.24. The normalized spacial score (nSPS) is 18.7. The van der Waals surface area contributed by atoms with Gasteiger partial charge in [-0.25, -0.2) is 0 Å². The molecule has 0 radical (unpaired) electrons. The summed E-state index contributed by atoms with van der Waals surface area (Å²) in [6.45, 7) is 4.15. The number of hydrogen-bond acceptors (Lipinski definition) is 4. The molecule has 0 spiro atoms. The lowest BCUT2D eigenvalue weighted by atomic mass is 10.1. The molecule has 3 rings (SSSR count). The molecule has 1 aliphatic rings. The largest absolute Gasteiger partial charge is 0.350 e. The highest BCUT2D eigenvalue weighted by atomic mass is 32.1. The number of thiophene rings is 1. The van der Waals surface area contributed by atoms with Crippen LogP contribution in [0.15, 0.2) is 24.5 Å². The first-order valence-electron chi connectivity index (χ1n) is 7.66. The molecule has 2 aromatic heterocycles. The number of aryl methyl sites for hydroxylation is 2. The van der Waals surface area contributed by atoms with Gasteiger partial charge in [0.1, 0.15) is 0 Å². The fourth-order valence-corrected chi connectivity index (χ4v) is 3.84. The molecule has 1 fully saturated rings. The van der Waals surface area contributed by atoms with Crippen molar-refractivity contribution in [3.8, 4) is 0 Å². The molecule has 1 saturated heterocycles. The van der Waals surface area contributed by atoms with Gasteiger partial charge in [0.05, 0.1) is 19.3 Å². The summed E-state index contributed by atoms with van der Waals surface area (Å²) >= 11 is 1.73. The van der Waals surface area contributed by atoms with Gasteiger partial charge >= 0.3 is 0 Å². The van der Waals surface area contributed by atoms with Gasteiger partial charge in [-0.15, -0.1) is 11.3 Å². The summed E-state index contributed by atoms with van der Waals surface area (Å²) < 4.78 is 1.82. The number of nitrogens with zero attached hydrogens (tertiary/aromatic N) is 3. The molecule has 1 atom stereocenters. The third kappa shape index (κ3) is 3.56. The molecule has 2 aromatic rings. The minimum Gasteiger partial charge on any atom is -0.350 e. The number of carbonyl (C=O) groups excluding carboxylic acids is 1. The van der Waals surface area contributed by atoms with Crippen LogP contribution in [0, 0.1) is 6.92 Å². The van der Waals surface area contributed by atoms with Crippen molar-refractivity contribution in [1.29, 1.82) is 0 Å². The Balaban J connectivity index is 1.54. The van der Waals surface area contributed by atoms with Gasteiger partial charge in [0.25, 0.3) is 0 Å². The van der Waals surface area contributed by atoms with Gasteiger partial charge in [-0.1, -0.05) is 0 Å². The molecule has 0 aliphatic carbocycles. The number of nitrogens with one attached hydrogen (secondary N) is 1. The number of hydrogen-bond donors (Lipinski definition) is 1. The molecule has 0 bridgehead atoms. The van der Waals surface area contributed by atoms with Crippen molar-refractivity contribution in [2.75, 3.05) is 13.1 Å². The summed E-state index contributed by atoms with van der Waals surface area (Å²) in [5, 5.41) is 7.27. The van der Waals surface area contributed by atoms with E-state index >= 15 is 0 Å². The van der Waals surface area contributed by atoms with Gasteiger partial charge < -0.3 is 5.32 Å². The van der Waals surface area contributed by atoms with E-state index in [4.69, 9.17) is 0 Å². The molecule has 22 heavy (non-hydrogen) atoms. The van der Waals surface area contributed by atoms with Crippen molar-refractivity contribution in [2.45, 2.75) is 32.4 Å². The maximum atomic E-state index is 12.2. The Hall–Kier alpha value is -1.66. The average Bonchev–Trinajstić information content (AvgIpc) is 3.18. The molecular formula is C16H22N4OS. The van der Waals surface area contributed by atoms with Crippen molar-refractivity contribution < 1.29 is 4.79 Å². The number of carbonyl (C=O) groups is 1. The summed E-state index contributed by atoms with van der Waals surface area (Å²) in [6, 6.07) is 4.49. The Bertz CT molecular complexity index is 648. The van der Waals surface area contributed by atoms with Crippen LogP contribution < -0.4 is 5.32 Å². The molecule has 0 unspecified atom stereocenters. The summed E-state index contributed by atoms with van der Waals surface area (Å²) in [4.78, 5) is 16.9. The van der Waals surface area contributed by atoms with Crippen LogP contribution in [0.3, 0.4) is 0 Å². The maximum absolute atomic E-state index is 12.2. The molecule has 5 nitrogen and oxygen atoms in total. The van der Waals surface area contributed by atoms with Crippen LogP contribution in [0.2, 0.25) is 0 Å². The van der Waals surface area contributed by atoms with E-state index < -0.39 is 0 Å². The van der Waals surface area contributed by atoms with Gasteiger partial charge in [0.15, 0.2) is 0 Å². The third-order valence-electron chi connectivity index (χ3n) is 4.08. The predicted molar refractivity (Wildman–Crippen MR) is 87.7 cm³/mol. The van der Waals surface area contributed by atoms with Crippen LogP contribution in [0.25, 0.3) is 0 Å². The fraction of sp³-hybridized carbons (Fsp3) is 0.500. The fourth-order valence-electron chi connectivity index (χ4n) is 3.01. The standard InChI is InChI=1S/C16H22N4OS/c1-12-5-6-14(22-12)9-17-16(21)11-20-7-3-4-15(20)13-8-18-19(2)10-13/h5-6,8,10,15H,3-4,7,9,11H2,1-2H3,(H,17,21)/t15-/m0/s1. The van der Waals surface area contributed by atoms with Crippen LogP contribution in [0.1, 0.15) is 34.2 Å². The summed E-state index contributed by atoms with van der Waals surface area (Å²) in [5.41, 5.74) is 1.21. The molecule has 1 N–H and O–H groups in total. The highest BCUT2D eigenvalue weighted by Gasteiger charge is 2.28. The van der Waals surface area contributed by atoms with Crippen LogP contribution in [-0.4, -0.2) is 33.7 Å². The highest BCUT2D eigenvalue weighted by Crippen LogP contribution is 2.31. The van der Waals surface area contributed by atoms with Crippen LogP contribution in [0.5, 0.6) is 0 Å². The Kier molecular flexibility index (Phi) is 4.59. The first kappa shape index (κ1) is 15.2. The second-order valence-electron chi connectivity index (χ2n) is 5.86. The van der Waals surface area contributed by atoms with Crippen molar-refractivity contribution in [3.63, 3.8) is 0 Å². The SMILES string of the molecule is Cc1ccc(CNC(=O)CN2CCC[C@H]2c2cnn(C)c2)s1. The second kappa shape index (κ2) is 6.62. The van der Waals surface area contributed by atoms with Crippen molar-refractivity contribution in [1.82, 2.24) is 20.0 Å². The van der Waals surface area contributed by atoms with Crippen molar-refractivity contribution in [3.05, 3.63) is 39.8 Å². The molecule has 0 aromatic carbocycles. The zero-order valence-corrected chi connectivity index (χ0v) is 13.9. The van der Waals surface area contributed by atoms with Gasteiger partial charge in [-0.2, -0.15) is 5.10 Å². The third-order valence-corrected chi connectivity index (χ3v) is 5.08. The van der Waals surface area contributed by atoms with E-state index in [-0.39, 0.29) is 5.91 Å². The number of rotatable bonds is 5.